The van der Waals surface area contributed by atoms with Gasteiger partial charge in [-0.25, -0.2) is 0 Å². The summed E-state index contributed by atoms with van der Waals surface area (Å²) in [4.78, 5) is 25.4. The van der Waals surface area contributed by atoms with Gasteiger partial charge in [0.1, 0.15) is 5.75 Å². The van der Waals surface area contributed by atoms with Crippen LogP contribution in [0.15, 0.2) is 60.7 Å². The van der Waals surface area contributed by atoms with Crippen molar-refractivity contribution in [3.63, 3.8) is 0 Å². The van der Waals surface area contributed by atoms with Gasteiger partial charge in [-0.1, -0.05) is 75.4 Å². The molecule has 5 rings (SSSR count). The van der Waals surface area contributed by atoms with Gasteiger partial charge in [0.15, 0.2) is 0 Å². The summed E-state index contributed by atoms with van der Waals surface area (Å²) in [6, 6.07) is 16.1. The minimum Gasteiger partial charge on any atom is -0.481 e. The van der Waals surface area contributed by atoms with E-state index < -0.39 is 23.8 Å². The van der Waals surface area contributed by atoms with Crippen LogP contribution in [0.2, 0.25) is 0 Å². The van der Waals surface area contributed by atoms with Crippen LogP contribution in [0.4, 0.5) is 0 Å². The molecule has 0 aliphatic heterocycles. The quantitative estimate of drug-likeness (QED) is 0.258. The first kappa shape index (κ1) is 19.8. The molecular formula is C27H26O4. The maximum Gasteiger partial charge on any atom is 0.315 e. The lowest BCUT2D eigenvalue weighted by Crippen LogP contribution is -2.35. The van der Waals surface area contributed by atoms with Crippen LogP contribution in [0.5, 0.6) is 5.75 Å². The third-order valence-electron chi connectivity index (χ3n) is 6.87. The van der Waals surface area contributed by atoms with Crippen LogP contribution >= 0.6 is 0 Å². The summed E-state index contributed by atoms with van der Waals surface area (Å²) in [6.07, 6.45) is 4.64. The number of benzene rings is 3. The largest absolute Gasteiger partial charge is 0.481 e. The molecule has 31 heavy (non-hydrogen) atoms. The van der Waals surface area contributed by atoms with E-state index in [9.17, 15) is 14.7 Å². The summed E-state index contributed by atoms with van der Waals surface area (Å²) < 4.78 is 6.16. The molecule has 3 aromatic rings. The van der Waals surface area contributed by atoms with Gasteiger partial charge in [-0.2, -0.15) is 0 Å². The van der Waals surface area contributed by atoms with Crippen molar-refractivity contribution in [2.45, 2.75) is 32.6 Å². The number of aliphatic carboxylic acids is 1. The summed E-state index contributed by atoms with van der Waals surface area (Å²) >= 11 is 0. The van der Waals surface area contributed by atoms with Crippen LogP contribution in [0.25, 0.3) is 21.5 Å². The van der Waals surface area contributed by atoms with Crippen molar-refractivity contribution < 1.29 is 19.4 Å². The van der Waals surface area contributed by atoms with E-state index in [-0.39, 0.29) is 17.3 Å². The maximum absolute atomic E-state index is 13.4. The number of esters is 1. The highest BCUT2D eigenvalue weighted by atomic mass is 16.5. The molecule has 0 heterocycles. The summed E-state index contributed by atoms with van der Waals surface area (Å²) in [7, 11) is 0. The Labute approximate surface area is 181 Å². The number of carboxylic acids is 1. The van der Waals surface area contributed by atoms with Crippen LogP contribution in [0.3, 0.4) is 0 Å². The molecule has 2 aliphatic rings. The van der Waals surface area contributed by atoms with Gasteiger partial charge < -0.3 is 9.84 Å². The Morgan fingerprint density at radius 2 is 1.61 bits per heavy atom. The summed E-state index contributed by atoms with van der Waals surface area (Å²) in [6.45, 7) is 6.43. The van der Waals surface area contributed by atoms with Gasteiger partial charge in [0.25, 0.3) is 0 Å². The van der Waals surface area contributed by atoms with E-state index in [1.54, 1.807) is 0 Å². The molecule has 0 amide bonds. The average Bonchev–Trinajstić information content (AvgIpc) is 3.34. The van der Waals surface area contributed by atoms with Crippen molar-refractivity contribution in [1.29, 1.82) is 0 Å². The summed E-state index contributed by atoms with van der Waals surface area (Å²) in [5.41, 5.74) is 0.947. The Balaban J connectivity index is 1.69. The summed E-state index contributed by atoms with van der Waals surface area (Å²) in [5, 5.41) is 13.6. The maximum atomic E-state index is 13.4. The number of hydrogen-bond donors (Lipinski definition) is 1. The molecule has 3 aromatic carbocycles. The predicted octanol–water partition coefficient (Wildman–Crippen LogP) is 5.72. The van der Waals surface area contributed by atoms with E-state index in [1.165, 1.54) is 0 Å². The molecule has 1 saturated carbocycles. The third-order valence-corrected chi connectivity index (χ3v) is 6.87. The lowest BCUT2D eigenvalue weighted by atomic mass is 9.82. The second-order valence-corrected chi connectivity index (χ2v) is 9.84. The standard InChI is InChI=1S/C27H26O4/c1-27(2,3)20-10-6-8-16-13-15-7-4-5-9-19(15)24(21(16)20)31-26(30)23-18-12-11-17(14-18)22(23)25(28)29/h4-13,17-18,22-23H,14H2,1-3H3,(H,28,29). The molecule has 4 heteroatoms. The van der Waals surface area contributed by atoms with E-state index in [2.05, 4.69) is 32.9 Å². The zero-order valence-electron chi connectivity index (χ0n) is 18.0. The van der Waals surface area contributed by atoms with Crippen molar-refractivity contribution in [2.75, 3.05) is 0 Å². The zero-order chi connectivity index (χ0) is 21.9. The molecule has 0 saturated heterocycles. The number of rotatable bonds is 3. The first-order valence-corrected chi connectivity index (χ1v) is 10.8. The topological polar surface area (TPSA) is 63.6 Å². The highest BCUT2D eigenvalue weighted by Crippen LogP contribution is 2.49. The van der Waals surface area contributed by atoms with E-state index in [0.29, 0.717) is 12.2 Å². The highest BCUT2D eigenvalue weighted by Gasteiger charge is 2.52. The van der Waals surface area contributed by atoms with Crippen LogP contribution in [0, 0.1) is 23.7 Å². The fourth-order valence-electron chi connectivity index (χ4n) is 5.46. The van der Waals surface area contributed by atoms with Crippen molar-refractivity contribution >= 4 is 33.5 Å². The third kappa shape index (κ3) is 3.13. The van der Waals surface area contributed by atoms with Crippen LogP contribution in [-0.4, -0.2) is 17.0 Å². The molecule has 0 radical (unpaired) electrons. The predicted molar refractivity (Wildman–Crippen MR) is 121 cm³/mol. The van der Waals surface area contributed by atoms with Gasteiger partial charge in [0, 0.05) is 10.8 Å². The molecule has 4 unspecified atom stereocenters. The Hall–Kier alpha value is -3.14. The molecule has 4 nitrogen and oxygen atoms in total. The number of ether oxygens (including phenoxy) is 1. The van der Waals surface area contributed by atoms with Crippen molar-refractivity contribution in [3.05, 3.63) is 66.2 Å². The smallest absolute Gasteiger partial charge is 0.315 e. The highest BCUT2D eigenvalue weighted by molar-refractivity contribution is 6.08. The average molecular weight is 415 g/mol. The number of allylic oxidation sites excluding steroid dienone is 2. The van der Waals surface area contributed by atoms with Crippen molar-refractivity contribution in [3.8, 4) is 5.75 Å². The first-order chi connectivity index (χ1) is 14.8. The van der Waals surface area contributed by atoms with Gasteiger partial charge in [-0.15, -0.1) is 0 Å². The lowest BCUT2D eigenvalue weighted by molar-refractivity contribution is -0.152. The van der Waals surface area contributed by atoms with Crippen molar-refractivity contribution in [1.82, 2.24) is 0 Å². The molecule has 0 aromatic heterocycles. The fourth-order valence-corrected chi connectivity index (χ4v) is 5.46. The van der Waals surface area contributed by atoms with Crippen LogP contribution in [-0.2, 0) is 15.0 Å². The van der Waals surface area contributed by atoms with E-state index >= 15 is 0 Å². The second kappa shape index (κ2) is 6.94. The molecule has 2 bridgehead atoms. The fraction of sp³-hybridized carbons (Fsp3) is 0.333. The minimum atomic E-state index is -0.919. The molecule has 2 aliphatic carbocycles. The van der Waals surface area contributed by atoms with Gasteiger partial charge >= 0.3 is 11.9 Å². The number of carboxylic acid groups (broad SMARTS) is 1. The van der Waals surface area contributed by atoms with E-state index in [0.717, 1.165) is 27.1 Å². The number of carbonyl (C=O) groups is 2. The molecule has 158 valence electrons. The van der Waals surface area contributed by atoms with Crippen LogP contribution in [0.1, 0.15) is 32.8 Å². The van der Waals surface area contributed by atoms with Gasteiger partial charge in [-0.3, -0.25) is 9.59 Å². The molecule has 0 spiro atoms. The number of fused-ring (bicyclic) bond motifs is 4. The molecule has 1 fully saturated rings. The normalized spacial score (nSPS) is 24.7. The zero-order valence-corrected chi connectivity index (χ0v) is 18.0. The molecular weight excluding hydrogens is 388 g/mol. The first-order valence-electron chi connectivity index (χ1n) is 10.8. The van der Waals surface area contributed by atoms with Gasteiger partial charge in [0.05, 0.1) is 11.8 Å². The van der Waals surface area contributed by atoms with Crippen molar-refractivity contribution in [2.24, 2.45) is 23.7 Å². The Kier molecular flexibility index (Phi) is 4.44. The van der Waals surface area contributed by atoms with Gasteiger partial charge in [-0.05, 0) is 46.1 Å². The second-order valence-electron chi connectivity index (χ2n) is 9.84. The SMILES string of the molecule is CC(C)(C)c1cccc2cc3ccccc3c(OC(=O)C3C4C=CC(C4)C3C(=O)O)c12. The minimum absolute atomic E-state index is 0.0677. The van der Waals surface area contributed by atoms with Gasteiger partial charge in [0.2, 0.25) is 0 Å². The summed E-state index contributed by atoms with van der Waals surface area (Å²) in [5.74, 6) is -2.34. The van der Waals surface area contributed by atoms with Crippen LogP contribution < -0.4 is 4.74 Å². The van der Waals surface area contributed by atoms with E-state index in [1.807, 2.05) is 48.6 Å². The number of hydrogen-bond acceptors (Lipinski definition) is 3. The Morgan fingerprint density at radius 1 is 0.935 bits per heavy atom. The van der Waals surface area contributed by atoms with E-state index in [4.69, 9.17) is 4.74 Å². The molecule has 1 N–H and O–H groups in total. The Bertz CT molecular complexity index is 1250. The lowest BCUT2D eigenvalue weighted by Gasteiger charge is -2.26. The molecule has 4 atom stereocenters. The monoisotopic (exact) mass is 414 g/mol. The number of carbonyl (C=O) groups excluding carboxylic acids is 1. The Morgan fingerprint density at radius 3 is 2.32 bits per heavy atom.